The van der Waals surface area contributed by atoms with Crippen LogP contribution < -0.4 is 9.80 Å². The van der Waals surface area contributed by atoms with Crippen molar-refractivity contribution in [1.82, 2.24) is 14.5 Å². The Morgan fingerprint density at radius 3 is 2.21 bits per heavy atom. The van der Waals surface area contributed by atoms with E-state index in [2.05, 4.69) is 142 Å². The summed E-state index contributed by atoms with van der Waals surface area (Å²) in [5.41, 5.74) is 6.75. The van der Waals surface area contributed by atoms with Crippen LogP contribution in [-0.2, 0) is 0 Å². The van der Waals surface area contributed by atoms with Crippen molar-refractivity contribution < 1.29 is 0 Å². The highest BCUT2D eigenvalue weighted by Crippen LogP contribution is 2.40. The van der Waals surface area contributed by atoms with Crippen LogP contribution >= 0.6 is 0 Å². The molecule has 0 saturated heterocycles. The molecule has 6 aromatic rings. The molecule has 0 amide bonds. The molecule has 3 heterocycles. The first-order valence-electron chi connectivity index (χ1n) is 12.8. The van der Waals surface area contributed by atoms with E-state index in [4.69, 9.17) is 4.98 Å². The van der Waals surface area contributed by atoms with Crippen LogP contribution in [0.15, 0.2) is 134 Å². The number of rotatable bonds is 5. The molecule has 0 radical (unpaired) electrons. The van der Waals surface area contributed by atoms with Gasteiger partial charge in [-0.15, -0.1) is 0 Å². The first-order valence-corrected chi connectivity index (χ1v) is 12.8. The van der Waals surface area contributed by atoms with Gasteiger partial charge in [0.05, 0.1) is 17.7 Å². The van der Waals surface area contributed by atoms with E-state index in [1.54, 1.807) is 0 Å². The SMILES string of the molecule is CN1C=CN(c2cccc(N(c3ccccc3)c3ccc4c5ccccc5n(-c5ccccn5)c4c3)c2)C1. The smallest absolute Gasteiger partial charge is 0.137 e. The monoisotopic (exact) mass is 493 g/mol. The van der Waals surface area contributed by atoms with Crippen LogP contribution in [-0.4, -0.2) is 28.2 Å². The van der Waals surface area contributed by atoms with Gasteiger partial charge in [-0.3, -0.25) is 4.57 Å². The number of hydrogen-bond donors (Lipinski definition) is 0. The molecule has 4 aromatic carbocycles. The van der Waals surface area contributed by atoms with Crippen molar-refractivity contribution in [2.24, 2.45) is 0 Å². The van der Waals surface area contributed by atoms with E-state index >= 15 is 0 Å². The Kier molecular flexibility index (Phi) is 5.33. The number of hydrogen-bond acceptors (Lipinski definition) is 4. The van der Waals surface area contributed by atoms with Crippen molar-refractivity contribution in [3.63, 3.8) is 0 Å². The lowest BCUT2D eigenvalue weighted by molar-refractivity contribution is 0.496. The number of nitrogens with zero attached hydrogens (tertiary/aromatic N) is 5. The quantitative estimate of drug-likeness (QED) is 0.245. The molecule has 184 valence electrons. The Morgan fingerprint density at radius 2 is 1.39 bits per heavy atom. The minimum absolute atomic E-state index is 0.838. The van der Waals surface area contributed by atoms with E-state index in [1.807, 2.05) is 18.3 Å². The van der Waals surface area contributed by atoms with Gasteiger partial charge < -0.3 is 14.7 Å². The highest BCUT2D eigenvalue weighted by molar-refractivity contribution is 6.10. The molecule has 5 heteroatoms. The molecule has 0 spiro atoms. The Bertz CT molecular complexity index is 1770. The zero-order chi connectivity index (χ0) is 25.5. The van der Waals surface area contributed by atoms with E-state index in [1.165, 1.54) is 10.8 Å². The van der Waals surface area contributed by atoms with Crippen LogP contribution in [0.1, 0.15) is 0 Å². The van der Waals surface area contributed by atoms with Crippen LogP contribution in [0, 0.1) is 0 Å². The van der Waals surface area contributed by atoms with Crippen molar-refractivity contribution in [2.75, 3.05) is 23.5 Å². The maximum atomic E-state index is 4.71. The molecule has 0 N–H and O–H groups in total. The van der Waals surface area contributed by atoms with Crippen LogP contribution in [0.2, 0.25) is 0 Å². The fourth-order valence-corrected chi connectivity index (χ4v) is 5.36. The van der Waals surface area contributed by atoms with Gasteiger partial charge in [-0.25, -0.2) is 4.98 Å². The summed E-state index contributed by atoms with van der Waals surface area (Å²) in [5, 5.41) is 2.43. The van der Waals surface area contributed by atoms with Crippen LogP contribution in [0.25, 0.3) is 27.6 Å². The second-order valence-corrected chi connectivity index (χ2v) is 9.60. The maximum absolute atomic E-state index is 4.71. The average Bonchev–Trinajstić information content (AvgIpc) is 3.55. The number of aromatic nitrogens is 2. The molecule has 1 aliphatic heterocycles. The minimum Gasteiger partial charge on any atom is -0.361 e. The Balaban J connectivity index is 1.44. The summed E-state index contributed by atoms with van der Waals surface area (Å²) < 4.78 is 2.26. The lowest BCUT2D eigenvalue weighted by Gasteiger charge is -2.27. The number of benzene rings is 4. The van der Waals surface area contributed by atoms with E-state index in [-0.39, 0.29) is 0 Å². The molecule has 38 heavy (non-hydrogen) atoms. The molecule has 7 rings (SSSR count). The molecular formula is C33H27N5. The summed E-state index contributed by atoms with van der Waals surface area (Å²) >= 11 is 0. The van der Waals surface area contributed by atoms with Gasteiger partial charge >= 0.3 is 0 Å². The Hall–Kier alpha value is -5.03. The van der Waals surface area contributed by atoms with Crippen molar-refractivity contribution in [3.8, 4) is 5.82 Å². The van der Waals surface area contributed by atoms with Crippen molar-refractivity contribution in [2.45, 2.75) is 0 Å². The molecule has 0 atom stereocenters. The van der Waals surface area contributed by atoms with E-state index in [0.717, 1.165) is 46.3 Å². The van der Waals surface area contributed by atoms with Gasteiger partial charge in [0.25, 0.3) is 0 Å². The molecule has 5 nitrogen and oxygen atoms in total. The Labute approximate surface area is 222 Å². The van der Waals surface area contributed by atoms with Gasteiger partial charge in [-0.1, -0.05) is 54.6 Å². The molecule has 2 aromatic heterocycles. The lowest BCUT2D eigenvalue weighted by Crippen LogP contribution is -2.21. The summed E-state index contributed by atoms with van der Waals surface area (Å²) in [6.07, 6.45) is 6.08. The topological polar surface area (TPSA) is 27.5 Å². The molecule has 0 unspecified atom stereocenters. The third kappa shape index (κ3) is 3.76. The third-order valence-electron chi connectivity index (χ3n) is 7.10. The van der Waals surface area contributed by atoms with E-state index in [0.29, 0.717) is 0 Å². The van der Waals surface area contributed by atoms with Crippen molar-refractivity contribution in [1.29, 1.82) is 0 Å². The zero-order valence-electron chi connectivity index (χ0n) is 21.1. The second-order valence-electron chi connectivity index (χ2n) is 9.60. The summed E-state index contributed by atoms with van der Waals surface area (Å²) in [4.78, 5) is 11.5. The summed E-state index contributed by atoms with van der Waals surface area (Å²) in [7, 11) is 2.09. The van der Waals surface area contributed by atoms with Crippen LogP contribution in [0.5, 0.6) is 0 Å². The van der Waals surface area contributed by atoms with Crippen LogP contribution in [0.3, 0.4) is 0 Å². The zero-order valence-corrected chi connectivity index (χ0v) is 21.1. The third-order valence-corrected chi connectivity index (χ3v) is 7.10. The fraction of sp³-hybridized carbons (Fsp3) is 0.0606. The summed E-state index contributed by atoms with van der Waals surface area (Å²) in [6, 6.07) is 40.7. The molecule has 0 fully saturated rings. The van der Waals surface area contributed by atoms with Gasteiger partial charge in [0.15, 0.2) is 0 Å². The Morgan fingerprint density at radius 1 is 0.632 bits per heavy atom. The molecule has 1 aliphatic rings. The predicted molar refractivity (Wildman–Crippen MR) is 158 cm³/mol. The standard InChI is InChI=1S/C33H27N5/c1-35-20-21-36(24-35)26-12-9-13-27(22-26)37(25-10-3-2-4-11-25)28-17-18-30-29-14-5-6-15-31(29)38(32(30)23-28)33-16-7-8-19-34-33/h2-23H,24H2,1H3. The second kappa shape index (κ2) is 9.12. The van der Waals surface area contributed by atoms with Gasteiger partial charge in [0.1, 0.15) is 5.82 Å². The lowest BCUT2D eigenvalue weighted by atomic mass is 10.1. The number of fused-ring (bicyclic) bond motifs is 3. The summed E-state index contributed by atoms with van der Waals surface area (Å²) in [5.74, 6) is 0.911. The highest BCUT2D eigenvalue weighted by atomic mass is 15.3. The molecular weight excluding hydrogens is 466 g/mol. The molecule has 0 bridgehead atoms. The van der Waals surface area contributed by atoms with Crippen LogP contribution in [0.4, 0.5) is 22.7 Å². The maximum Gasteiger partial charge on any atom is 0.137 e. The van der Waals surface area contributed by atoms with E-state index < -0.39 is 0 Å². The normalized spacial score (nSPS) is 13.1. The highest BCUT2D eigenvalue weighted by Gasteiger charge is 2.19. The first-order chi connectivity index (χ1) is 18.8. The number of anilines is 4. The summed E-state index contributed by atoms with van der Waals surface area (Å²) in [6.45, 7) is 0.838. The van der Waals surface area contributed by atoms with Gasteiger partial charge in [-0.2, -0.15) is 0 Å². The number of pyridine rings is 1. The van der Waals surface area contributed by atoms with E-state index in [9.17, 15) is 0 Å². The van der Waals surface area contributed by atoms with Gasteiger partial charge in [0, 0.05) is 59.2 Å². The number of para-hydroxylation sites is 2. The average molecular weight is 494 g/mol. The fourth-order valence-electron chi connectivity index (χ4n) is 5.36. The molecule has 0 aliphatic carbocycles. The first kappa shape index (κ1) is 22.2. The largest absolute Gasteiger partial charge is 0.361 e. The molecule has 0 saturated carbocycles. The van der Waals surface area contributed by atoms with Crippen molar-refractivity contribution in [3.05, 3.63) is 134 Å². The van der Waals surface area contributed by atoms with Gasteiger partial charge in [0.2, 0.25) is 0 Å². The van der Waals surface area contributed by atoms with Gasteiger partial charge in [-0.05, 0) is 60.7 Å². The predicted octanol–water partition coefficient (Wildman–Crippen LogP) is 7.83. The van der Waals surface area contributed by atoms with Crippen molar-refractivity contribution >= 4 is 44.6 Å². The minimum atomic E-state index is 0.838.